The molecule has 0 saturated heterocycles. The van der Waals surface area contributed by atoms with Gasteiger partial charge in [-0.2, -0.15) is 0 Å². The zero-order valence-corrected chi connectivity index (χ0v) is 15.7. The molecule has 1 aliphatic carbocycles. The van der Waals surface area contributed by atoms with Crippen LogP contribution in [-0.4, -0.2) is 21.2 Å². The summed E-state index contributed by atoms with van der Waals surface area (Å²) in [4.78, 5) is 28.7. The van der Waals surface area contributed by atoms with Gasteiger partial charge in [0.25, 0.3) is 5.91 Å². The minimum atomic E-state index is -0.146. The Morgan fingerprint density at radius 3 is 2.64 bits per heavy atom. The van der Waals surface area contributed by atoms with E-state index < -0.39 is 0 Å². The van der Waals surface area contributed by atoms with Crippen molar-refractivity contribution >= 4 is 23.1 Å². The molecule has 1 fully saturated rings. The topological polar surface area (TPSA) is 75.5 Å². The fourth-order valence-electron chi connectivity index (χ4n) is 3.74. The highest BCUT2D eigenvalue weighted by molar-refractivity contribution is 5.95. The molecule has 0 spiro atoms. The minimum absolute atomic E-state index is 0.0542. The standard InChI is InChI=1S/C22H24N4O2/c27-21(14-16-3-1-2-4-16)25-19-7-5-18(6-8-19)22(28)24-15-17-9-11-26-12-10-23-20(26)13-17/h5-13,16H,1-4,14-15H2,(H,24,28)(H,25,27). The summed E-state index contributed by atoms with van der Waals surface area (Å²) in [5, 5.41) is 5.84. The van der Waals surface area contributed by atoms with Crippen LogP contribution in [0.1, 0.15) is 48.0 Å². The molecule has 0 atom stereocenters. The molecule has 2 heterocycles. The van der Waals surface area contributed by atoms with Crippen LogP contribution in [0.2, 0.25) is 0 Å². The molecule has 144 valence electrons. The molecule has 6 heteroatoms. The lowest BCUT2D eigenvalue weighted by atomic mass is 10.0. The van der Waals surface area contributed by atoms with Gasteiger partial charge in [0.05, 0.1) is 0 Å². The first-order valence-electron chi connectivity index (χ1n) is 9.77. The van der Waals surface area contributed by atoms with Crippen molar-refractivity contribution in [3.63, 3.8) is 0 Å². The Labute approximate surface area is 164 Å². The third-order valence-corrected chi connectivity index (χ3v) is 5.30. The highest BCUT2D eigenvalue weighted by Gasteiger charge is 2.18. The number of rotatable bonds is 6. The van der Waals surface area contributed by atoms with Crippen molar-refractivity contribution in [1.29, 1.82) is 0 Å². The fourth-order valence-corrected chi connectivity index (χ4v) is 3.74. The van der Waals surface area contributed by atoms with Crippen LogP contribution in [-0.2, 0) is 11.3 Å². The van der Waals surface area contributed by atoms with E-state index in [1.165, 1.54) is 12.8 Å². The number of nitrogens with zero attached hydrogens (tertiary/aromatic N) is 2. The molecule has 0 aliphatic heterocycles. The van der Waals surface area contributed by atoms with Gasteiger partial charge in [-0.25, -0.2) is 4.98 Å². The van der Waals surface area contributed by atoms with E-state index in [1.54, 1.807) is 30.5 Å². The first kappa shape index (κ1) is 18.2. The van der Waals surface area contributed by atoms with E-state index in [4.69, 9.17) is 0 Å². The minimum Gasteiger partial charge on any atom is -0.348 e. The van der Waals surface area contributed by atoms with Crippen LogP contribution in [0.4, 0.5) is 5.69 Å². The zero-order valence-electron chi connectivity index (χ0n) is 15.7. The first-order valence-corrected chi connectivity index (χ1v) is 9.77. The second-order valence-corrected chi connectivity index (χ2v) is 7.39. The van der Waals surface area contributed by atoms with Gasteiger partial charge in [0.1, 0.15) is 5.65 Å². The van der Waals surface area contributed by atoms with E-state index >= 15 is 0 Å². The first-order chi connectivity index (χ1) is 13.7. The number of carbonyl (C=O) groups excluding carboxylic acids is 2. The number of hydrogen-bond donors (Lipinski definition) is 2. The van der Waals surface area contributed by atoms with Crippen molar-refractivity contribution < 1.29 is 9.59 Å². The van der Waals surface area contributed by atoms with E-state index in [2.05, 4.69) is 15.6 Å². The van der Waals surface area contributed by atoms with Crippen molar-refractivity contribution in [2.24, 2.45) is 5.92 Å². The van der Waals surface area contributed by atoms with Gasteiger partial charge in [-0.3, -0.25) is 9.59 Å². The maximum Gasteiger partial charge on any atom is 0.251 e. The Bertz CT molecular complexity index is 972. The molecule has 3 aromatic rings. The summed E-state index contributed by atoms with van der Waals surface area (Å²) in [5.41, 5.74) is 3.13. The highest BCUT2D eigenvalue weighted by atomic mass is 16.2. The van der Waals surface area contributed by atoms with Crippen LogP contribution in [0.15, 0.2) is 55.0 Å². The normalized spacial score (nSPS) is 14.3. The number of hydrogen-bond acceptors (Lipinski definition) is 3. The molecule has 1 aromatic carbocycles. The van der Waals surface area contributed by atoms with Crippen molar-refractivity contribution in [2.75, 3.05) is 5.32 Å². The van der Waals surface area contributed by atoms with Gasteiger partial charge in [-0.1, -0.05) is 12.8 Å². The number of pyridine rings is 1. The molecule has 2 N–H and O–H groups in total. The predicted molar refractivity (Wildman–Crippen MR) is 108 cm³/mol. The summed E-state index contributed by atoms with van der Waals surface area (Å²) >= 11 is 0. The molecule has 28 heavy (non-hydrogen) atoms. The SMILES string of the molecule is O=C(CC1CCCC1)Nc1ccc(C(=O)NCc2ccn3ccnc3c2)cc1. The number of imidazole rings is 1. The van der Waals surface area contributed by atoms with E-state index in [-0.39, 0.29) is 11.8 Å². The maximum absolute atomic E-state index is 12.4. The molecular weight excluding hydrogens is 352 g/mol. The van der Waals surface area contributed by atoms with Gasteiger partial charge >= 0.3 is 0 Å². The van der Waals surface area contributed by atoms with Crippen molar-refractivity contribution in [3.05, 3.63) is 66.1 Å². The third-order valence-electron chi connectivity index (χ3n) is 5.30. The fraction of sp³-hybridized carbons (Fsp3) is 0.318. The molecule has 2 amide bonds. The third kappa shape index (κ3) is 4.39. The molecule has 6 nitrogen and oxygen atoms in total. The number of fused-ring (bicyclic) bond motifs is 1. The lowest BCUT2D eigenvalue weighted by Crippen LogP contribution is -2.23. The second-order valence-electron chi connectivity index (χ2n) is 7.39. The number of benzene rings is 1. The van der Waals surface area contributed by atoms with Crippen LogP contribution < -0.4 is 10.6 Å². The Hall–Kier alpha value is -3.15. The average Bonchev–Trinajstić information content (AvgIpc) is 3.38. The van der Waals surface area contributed by atoms with Gasteiger partial charge in [-0.05, 0) is 60.7 Å². The van der Waals surface area contributed by atoms with Gasteiger partial charge in [0, 0.05) is 42.8 Å². The summed E-state index contributed by atoms with van der Waals surface area (Å²) in [7, 11) is 0. The Morgan fingerprint density at radius 2 is 1.86 bits per heavy atom. The molecule has 2 aromatic heterocycles. The summed E-state index contributed by atoms with van der Waals surface area (Å²) in [5.74, 6) is 0.428. The van der Waals surface area contributed by atoms with Crippen LogP contribution in [0.3, 0.4) is 0 Å². The Morgan fingerprint density at radius 1 is 1.07 bits per heavy atom. The van der Waals surface area contributed by atoms with Gasteiger partial charge in [0.2, 0.25) is 5.91 Å². The summed E-state index contributed by atoms with van der Waals surface area (Å²) < 4.78 is 1.92. The smallest absolute Gasteiger partial charge is 0.251 e. The lowest BCUT2D eigenvalue weighted by molar-refractivity contribution is -0.117. The Kier molecular flexibility index (Phi) is 5.37. The monoisotopic (exact) mass is 376 g/mol. The van der Waals surface area contributed by atoms with Crippen LogP contribution in [0.5, 0.6) is 0 Å². The van der Waals surface area contributed by atoms with E-state index in [9.17, 15) is 9.59 Å². The number of nitrogens with one attached hydrogen (secondary N) is 2. The van der Waals surface area contributed by atoms with Crippen molar-refractivity contribution in [1.82, 2.24) is 14.7 Å². The molecule has 0 bridgehead atoms. The van der Waals surface area contributed by atoms with Gasteiger partial charge in [-0.15, -0.1) is 0 Å². The second kappa shape index (κ2) is 8.25. The van der Waals surface area contributed by atoms with Gasteiger partial charge < -0.3 is 15.0 Å². The maximum atomic E-state index is 12.4. The number of carbonyl (C=O) groups is 2. The molecule has 1 saturated carbocycles. The van der Waals surface area contributed by atoms with Crippen LogP contribution in [0, 0.1) is 5.92 Å². The van der Waals surface area contributed by atoms with E-state index in [0.717, 1.165) is 29.7 Å². The van der Waals surface area contributed by atoms with Crippen molar-refractivity contribution in [2.45, 2.75) is 38.6 Å². The molecular formula is C22H24N4O2. The number of amides is 2. The van der Waals surface area contributed by atoms with E-state index in [1.807, 2.05) is 28.9 Å². The highest BCUT2D eigenvalue weighted by Crippen LogP contribution is 2.27. The lowest BCUT2D eigenvalue weighted by Gasteiger charge is -2.10. The molecule has 0 unspecified atom stereocenters. The largest absolute Gasteiger partial charge is 0.348 e. The number of anilines is 1. The van der Waals surface area contributed by atoms with Crippen molar-refractivity contribution in [3.8, 4) is 0 Å². The molecule has 4 rings (SSSR count). The summed E-state index contributed by atoms with van der Waals surface area (Å²) in [6, 6.07) is 10.9. The van der Waals surface area contributed by atoms with Gasteiger partial charge in [0.15, 0.2) is 0 Å². The summed E-state index contributed by atoms with van der Waals surface area (Å²) in [6.45, 7) is 0.433. The number of aromatic nitrogens is 2. The van der Waals surface area contributed by atoms with Crippen LogP contribution in [0.25, 0.3) is 5.65 Å². The summed E-state index contributed by atoms with van der Waals surface area (Å²) in [6.07, 6.45) is 10.9. The van der Waals surface area contributed by atoms with E-state index in [0.29, 0.717) is 24.4 Å². The average molecular weight is 376 g/mol. The zero-order chi connectivity index (χ0) is 19.3. The Balaban J connectivity index is 1.29. The van der Waals surface area contributed by atoms with Crippen LogP contribution >= 0.6 is 0 Å². The molecule has 0 radical (unpaired) electrons. The molecule has 1 aliphatic rings. The quantitative estimate of drug-likeness (QED) is 0.687. The predicted octanol–water partition coefficient (Wildman–Crippen LogP) is 3.78.